The molecule has 0 aliphatic carbocycles. The molecule has 0 saturated carbocycles. The van der Waals surface area contributed by atoms with E-state index in [0.717, 1.165) is 25.1 Å². The van der Waals surface area contributed by atoms with Gasteiger partial charge in [-0.25, -0.2) is 0 Å². The first kappa shape index (κ1) is 21.5. The SMILES string of the molecule is C[C@@H]1[C@@H]([Si](C)(C)O)[C@H](CCO)O[C@@H]1CCc1cccc(N2CCNCC2=O)c1. The number of nitrogens with one attached hydrogen (secondary N) is 1. The van der Waals surface area contributed by atoms with Crippen LogP contribution in [0.25, 0.3) is 0 Å². The van der Waals surface area contributed by atoms with E-state index in [0.29, 0.717) is 19.5 Å². The van der Waals surface area contributed by atoms with E-state index in [1.54, 1.807) is 0 Å². The number of hydrogen-bond donors (Lipinski definition) is 3. The fourth-order valence-electron chi connectivity index (χ4n) is 4.88. The van der Waals surface area contributed by atoms with Crippen molar-refractivity contribution in [2.45, 2.75) is 57.0 Å². The Hall–Kier alpha value is -1.25. The molecule has 1 aromatic carbocycles. The molecule has 0 aromatic heterocycles. The molecule has 2 aliphatic rings. The lowest BCUT2D eigenvalue weighted by Gasteiger charge is -2.30. The minimum absolute atomic E-state index is 0.0542. The average molecular weight is 407 g/mol. The summed E-state index contributed by atoms with van der Waals surface area (Å²) in [6.45, 7) is 8.12. The summed E-state index contributed by atoms with van der Waals surface area (Å²) in [4.78, 5) is 24.7. The zero-order valence-electron chi connectivity index (χ0n) is 17.2. The fourth-order valence-corrected chi connectivity index (χ4v) is 7.53. The van der Waals surface area contributed by atoms with Crippen molar-refractivity contribution in [1.29, 1.82) is 0 Å². The van der Waals surface area contributed by atoms with Crippen molar-refractivity contribution in [2.24, 2.45) is 5.92 Å². The molecule has 7 heteroatoms. The van der Waals surface area contributed by atoms with E-state index in [-0.39, 0.29) is 36.2 Å². The smallest absolute Gasteiger partial charge is 0.240 e. The third kappa shape index (κ3) is 4.83. The number of aliphatic hydroxyl groups is 1. The summed E-state index contributed by atoms with van der Waals surface area (Å²) in [7, 11) is -2.36. The van der Waals surface area contributed by atoms with Crippen LogP contribution in [0.3, 0.4) is 0 Å². The number of rotatable bonds is 7. The largest absolute Gasteiger partial charge is 0.432 e. The number of piperazine rings is 1. The zero-order valence-corrected chi connectivity index (χ0v) is 18.2. The Bertz CT molecular complexity index is 679. The monoisotopic (exact) mass is 406 g/mol. The van der Waals surface area contributed by atoms with Crippen molar-refractivity contribution in [3.05, 3.63) is 29.8 Å². The number of hydrogen-bond acceptors (Lipinski definition) is 5. The number of aliphatic hydroxyl groups excluding tert-OH is 1. The Morgan fingerprint density at radius 1 is 1.29 bits per heavy atom. The quantitative estimate of drug-likeness (QED) is 0.603. The van der Waals surface area contributed by atoms with Crippen molar-refractivity contribution < 1.29 is 19.4 Å². The van der Waals surface area contributed by atoms with Gasteiger partial charge in [0, 0.05) is 30.9 Å². The van der Waals surface area contributed by atoms with Crippen LogP contribution in [-0.4, -0.2) is 62.6 Å². The average Bonchev–Trinajstić information content (AvgIpc) is 2.96. The molecule has 1 aromatic rings. The molecule has 2 aliphatic heterocycles. The number of carbonyl (C=O) groups excluding carboxylic acids is 1. The molecule has 3 N–H and O–H groups in total. The summed E-state index contributed by atoms with van der Waals surface area (Å²) >= 11 is 0. The maximum atomic E-state index is 12.1. The van der Waals surface area contributed by atoms with E-state index in [1.165, 1.54) is 5.56 Å². The summed E-state index contributed by atoms with van der Waals surface area (Å²) in [5, 5.41) is 12.5. The van der Waals surface area contributed by atoms with Gasteiger partial charge in [0.2, 0.25) is 5.91 Å². The number of carbonyl (C=O) groups is 1. The molecule has 2 heterocycles. The minimum atomic E-state index is -2.36. The highest BCUT2D eigenvalue weighted by atomic mass is 28.4. The zero-order chi connectivity index (χ0) is 20.3. The minimum Gasteiger partial charge on any atom is -0.432 e. The van der Waals surface area contributed by atoms with Crippen LogP contribution in [0.2, 0.25) is 18.6 Å². The van der Waals surface area contributed by atoms with Gasteiger partial charge in [0.25, 0.3) is 0 Å². The molecule has 0 unspecified atom stereocenters. The number of ether oxygens (including phenoxy) is 1. The molecular formula is C21H34N2O4Si. The van der Waals surface area contributed by atoms with Crippen LogP contribution in [0.5, 0.6) is 0 Å². The second-order valence-corrected chi connectivity index (χ2v) is 12.7. The normalized spacial score (nSPS) is 28.8. The van der Waals surface area contributed by atoms with Crippen LogP contribution in [-0.2, 0) is 16.0 Å². The number of aryl methyl sites for hydroxylation is 1. The topological polar surface area (TPSA) is 82.0 Å². The van der Waals surface area contributed by atoms with Gasteiger partial charge >= 0.3 is 0 Å². The van der Waals surface area contributed by atoms with E-state index in [9.17, 15) is 14.7 Å². The standard InChI is InChI=1S/C21H34N2O4Si/c1-15-18(27-19(9-12-24)21(15)28(2,3)26)8-7-16-5-4-6-17(13-16)23-11-10-22-14-20(23)25/h4-6,13,15,18-19,21-22,24,26H,7-12,14H2,1-3H3/t15-,18+,19-,21+/m0/s1. The lowest BCUT2D eigenvalue weighted by atomic mass is 9.95. The summed E-state index contributed by atoms with van der Waals surface area (Å²) in [6, 6.07) is 8.22. The van der Waals surface area contributed by atoms with Gasteiger partial charge in [0.1, 0.15) is 0 Å². The lowest BCUT2D eigenvalue weighted by Crippen LogP contribution is -2.48. The third-order valence-electron chi connectivity index (χ3n) is 6.16. The van der Waals surface area contributed by atoms with Gasteiger partial charge in [-0.1, -0.05) is 19.1 Å². The van der Waals surface area contributed by atoms with Gasteiger partial charge in [-0.2, -0.15) is 0 Å². The van der Waals surface area contributed by atoms with Crippen molar-refractivity contribution in [3.8, 4) is 0 Å². The van der Waals surface area contributed by atoms with Gasteiger partial charge in [-0.3, -0.25) is 4.79 Å². The first-order valence-corrected chi connectivity index (χ1v) is 13.4. The molecule has 0 spiro atoms. The molecule has 2 fully saturated rings. The molecule has 3 rings (SSSR count). The predicted octanol–water partition coefficient (Wildman–Crippen LogP) is 1.91. The number of benzene rings is 1. The van der Waals surface area contributed by atoms with E-state index < -0.39 is 8.32 Å². The van der Waals surface area contributed by atoms with Crippen molar-refractivity contribution in [2.75, 3.05) is 31.1 Å². The first-order valence-electron chi connectivity index (χ1n) is 10.4. The Morgan fingerprint density at radius 2 is 2.07 bits per heavy atom. The van der Waals surface area contributed by atoms with E-state index in [2.05, 4.69) is 24.4 Å². The second-order valence-electron chi connectivity index (χ2n) is 8.69. The third-order valence-corrected chi connectivity index (χ3v) is 8.69. The second kappa shape index (κ2) is 9.05. The van der Waals surface area contributed by atoms with Crippen molar-refractivity contribution in [1.82, 2.24) is 5.32 Å². The van der Waals surface area contributed by atoms with Crippen LogP contribution in [0.15, 0.2) is 24.3 Å². The first-order chi connectivity index (χ1) is 13.3. The summed E-state index contributed by atoms with van der Waals surface area (Å²) in [5.74, 6) is 0.391. The van der Waals surface area contributed by atoms with Crippen LogP contribution in [0.1, 0.15) is 25.3 Å². The molecule has 4 atom stereocenters. The summed E-state index contributed by atoms with van der Waals surface area (Å²) in [5.41, 5.74) is 2.31. The van der Waals surface area contributed by atoms with E-state index in [1.807, 2.05) is 30.1 Å². The highest BCUT2D eigenvalue weighted by molar-refractivity contribution is 6.71. The van der Waals surface area contributed by atoms with Gasteiger partial charge in [0.15, 0.2) is 8.32 Å². The van der Waals surface area contributed by atoms with Crippen molar-refractivity contribution >= 4 is 19.9 Å². The maximum absolute atomic E-state index is 12.1. The highest BCUT2D eigenvalue weighted by Gasteiger charge is 2.49. The lowest BCUT2D eigenvalue weighted by molar-refractivity contribution is -0.118. The molecule has 1 amide bonds. The number of anilines is 1. The molecule has 28 heavy (non-hydrogen) atoms. The van der Waals surface area contributed by atoms with Crippen LogP contribution >= 0.6 is 0 Å². The summed E-state index contributed by atoms with van der Waals surface area (Å²) in [6.07, 6.45) is 2.37. The Balaban J connectivity index is 1.65. The van der Waals surface area contributed by atoms with Crippen molar-refractivity contribution in [3.63, 3.8) is 0 Å². The molecule has 0 radical (unpaired) electrons. The van der Waals surface area contributed by atoms with E-state index >= 15 is 0 Å². The molecule has 0 bridgehead atoms. The highest BCUT2D eigenvalue weighted by Crippen LogP contribution is 2.45. The molecule has 6 nitrogen and oxygen atoms in total. The maximum Gasteiger partial charge on any atom is 0.240 e. The van der Waals surface area contributed by atoms with Gasteiger partial charge in [-0.05, 0) is 56.0 Å². The molecule has 156 valence electrons. The number of nitrogens with zero attached hydrogens (tertiary/aromatic N) is 1. The fraction of sp³-hybridized carbons (Fsp3) is 0.667. The molecular weight excluding hydrogens is 372 g/mol. The van der Waals surface area contributed by atoms with Crippen LogP contribution in [0, 0.1) is 5.92 Å². The summed E-state index contributed by atoms with van der Waals surface area (Å²) < 4.78 is 6.28. The predicted molar refractivity (Wildman–Crippen MR) is 113 cm³/mol. The van der Waals surface area contributed by atoms with Crippen LogP contribution in [0.4, 0.5) is 5.69 Å². The Kier molecular flexibility index (Phi) is 6.93. The van der Waals surface area contributed by atoms with Gasteiger partial charge in [-0.15, -0.1) is 0 Å². The molecule has 2 saturated heterocycles. The Morgan fingerprint density at radius 3 is 2.75 bits per heavy atom. The number of amides is 1. The van der Waals surface area contributed by atoms with Gasteiger partial charge in [0.05, 0.1) is 18.8 Å². The van der Waals surface area contributed by atoms with Gasteiger partial charge < -0.3 is 24.9 Å². The van der Waals surface area contributed by atoms with E-state index in [4.69, 9.17) is 4.74 Å². The van der Waals surface area contributed by atoms with Crippen LogP contribution < -0.4 is 10.2 Å². The Labute approximate surface area is 169 Å².